The third-order valence-corrected chi connectivity index (χ3v) is 4.70. The van der Waals surface area contributed by atoms with Crippen LogP contribution in [-0.2, 0) is 22.7 Å². The van der Waals surface area contributed by atoms with Crippen molar-refractivity contribution in [1.29, 1.82) is 0 Å². The van der Waals surface area contributed by atoms with Crippen LogP contribution < -0.4 is 10.6 Å². The summed E-state index contributed by atoms with van der Waals surface area (Å²) in [5, 5.41) is 9.50. The highest BCUT2D eigenvalue weighted by Crippen LogP contribution is 2.15. The zero-order valence-corrected chi connectivity index (χ0v) is 16.7. The molecule has 0 radical (unpaired) electrons. The summed E-state index contributed by atoms with van der Waals surface area (Å²) in [6, 6.07) is 17.5. The molecule has 0 aliphatic carbocycles. The lowest BCUT2D eigenvalue weighted by atomic mass is 10.2. The molecule has 0 bridgehead atoms. The quantitative estimate of drug-likeness (QED) is 0.443. The molecule has 2 N–H and O–H groups in total. The van der Waals surface area contributed by atoms with E-state index in [0.29, 0.717) is 6.54 Å². The molecule has 0 aliphatic rings. The average Bonchev–Trinajstić information content (AvgIpc) is 3.18. The fourth-order valence-corrected chi connectivity index (χ4v) is 2.87. The lowest BCUT2D eigenvalue weighted by Gasteiger charge is -2.04. The monoisotopic (exact) mass is 407 g/mol. The molecule has 148 valence electrons. The predicted molar refractivity (Wildman–Crippen MR) is 114 cm³/mol. The number of aromatic nitrogens is 3. The molecule has 0 aliphatic heterocycles. The Bertz CT molecular complexity index is 984. The molecule has 3 rings (SSSR count). The van der Waals surface area contributed by atoms with Crippen molar-refractivity contribution >= 4 is 35.6 Å². The van der Waals surface area contributed by atoms with Gasteiger partial charge in [-0.25, -0.2) is 9.67 Å². The molecule has 7 nitrogen and oxygen atoms in total. The van der Waals surface area contributed by atoms with Gasteiger partial charge in [-0.1, -0.05) is 42.5 Å². The molecular weight excluding hydrogens is 386 g/mol. The third kappa shape index (κ3) is 6.62. The number of rotatable bonds is 8. The van der Waals surface area contributed by atoms with E-state index >= 15 is 0 Å². The number of hydrogen-bond donors (Lipinski definition) is 2. The Morgan fingerprint density at radius 1 is 1.10 bits per heavy atom. The highest BCUT2D eigenvalue weighted by molar-refractivity contribution is 7.98. The van der Waals surface area contributed by atoms with Crippen molar-refractivity contribution in [3.8, 4) is 0 Å². The number of amides is 2. The van der Waals surface area contributed by atoms with Crippen LogP contribution in [0.2, 0.25) is 0 Å². The highest BCUT2D eigenvalue weighted by Gasteiger charge is 2.07. The second-order valence-corrected chi connectivity index (χ2v) is 7.00. The van der Waals surface area contributed by atoms with Crippen LogP contribution in [-0.4, -0.2) is 32.8 Å². The SMILES string of the molecule is CSc1ccc(/C=C/C(=O)Nc2ncn(CC(=O)NCc3ccccc3)n2)cc1. The predicted octanol–water partition coefficient (Wildman–Crippen LogP) is 2.97. The van der Waals surface area contributed by atoms with Gasteiger partial charge in [0.25, 0.3) is 5.91 Å². The molecule has 0 unspecified atom stereocenters. The number of anilines is 1. The first-order valence-corrected chi connectivity index (χ1v) is 10.2. The number of nitrogens with one attached hydrogen (secondary N) is 2. The normalized spacial score (nSPS) is 10.8. The number of nitrogens with zero attached hydrogens (tertiary/aromatic N) is 3. The maximum absolute atomic E-state index is 12.0. The molecule has 0 spiro atoms. The van der Waals surface area contributed by atoms with E-state index in [1.165, 1.54) is 17.1 Å². The summed E-state index contributed by atoms with van der Waals surface area (Å²) in [6.45, 7) is 0.466. The molecule has 0 saturated heterocycles. The molecule has 0 fully saturated rings. The first-order valence-electron chi connectivity index (χ1n) is 8.95. The molecule has 0 atom stereocenters. The second kappa shape index (κ2) is 10.2. The summed E-state index contributed by atoms with van der Waals surface area (Å²) in [7, 11) is 0. The van der Waals surface area contributed by atoms with E-state index in [4.69, 9.17) is 0 Å². The smallest absolute Gasteiger partial charge is 0.250 e. The van der Waals surface area contributed by atoms with E-state index in [-0.39, 0.29) is 24.3 Å². The Kier molecular flexibility index (Phi) is 7.18. The van der Waals surface area contributed by atoms with Crippen LogP contribution in [0.3, 0.4) is 0 Å². The zero-order chi connectivity index (χ0) is 20.5. The standard InChI is InChI=1S/C21H21N5O2S/c1-29-18-10-7-16(8-11-18)9-12-19(27)24-21-23-15-26(25-21)14-20(28)22-13-17-5-3-2-4-6-17/h2-12,15H,13-14H2,1H3,(H,22,28)(H,24,25,27)/b12-9+. The van der Waals surface area contributed by atoms with Crippen LogP contribution in [0.5, 0.6) is 0 Å². The summed E-state index contributed by atoms with van der Waals surface area (Å²) in [5.74, 6) is -0.385. The molecule has 0 saturated carbocycles. The van der Waals surface area contributed by atoms with Crippen LogP contribution in [0.4, 0.5) is 5.95 Å². The number of thioether (sulfide) groups is 1. The molecule has 29 heavy (non-hydrogen) atoms. The van der Waals surface area contributed by atoms with Crippen LogP contribution in [0.15, 0.2) is 71.9 Å². The van der Waals surface area contributed by atoms with Gasteiger partial charge in [-0.15, -0.1) is 16.9 Å². The number of carbonyl (C=O) groups excluding carboxylic acids is 2. The Hall–Kier alpha value is -3.39. The van der Waals surface area contributed by atoms with Gasteiger partial charge in [0.1, 0.15) is 12.9 Å². The van der Waals surface area contributed by atoms with Crippen LogP contribution in [0, 0.1) is 0 Å². The minimum atomic E-state index is -0.342. The topological polar surface area (TPSA) is 88.9 Å². The van der Waals surface area contributed by atoms with E-state index in [1.807, 2.05) is 60.9 Å². The van der Waals surface area contributed by atoms with Gasteiger partial charge in [0, 0.05) is 17.5 Å². The van der Waals surface area contributed by atoms with E-state index in [9.17, 15) is 9.59 Å². The second-order valence-electron chi connectivity index (χ2n) is 6.12. The van der Waals surface area contributed by atoms with Gasteiger partial charge in [0.05, 0.1) is 0 Å². The highest BCUT2D eigenvalue weighted by atomic mass is 32.2. The van der Waals surface area contributed by atoms with E-state index in [1.54, 1.807) is 17.8 Å². The summed E-state index contributed by atoms with van der Waals surface area (Å²) in [6.07, 6.45) is 6.55. The van der Waals surface area contributed by atoms with Gasteiger partial charge in [-0.2, -0.15) is 0 Å². The maximum atomic E-state index is 12.0. The first-order chi connectivity index (χ1) is 14.1. The molecule has 2 amide bonds. The first kappa shape index (κ1) is 20.3. The lowest BCUT2D eigenvalue weighted by Crippen LogP contribution is -2.27. The number of carbonyl (C=O) groups is 2. The van der Waals surface area contributed by atoms with Gasteiger partial charge in [-0.05, 0) is 35.6 Å². The van der Waals surface area contributed by atoms with Crippen LogP contribution in [0.25, 0.3) is 6.08 Å². The molecule has 1 heterocycles. The largest absolute Gasteiger partial charge is 0.350 e. The Labute approximate surface area is 173 Å². The van der Waals surface area contributed by atoms with Crippen molar-refractivity contribution < 1.29 is 9.59 Å². The van der Waals surface area contributed by atoms with Crippen molar-refractivity contribution in [2.75, 3.05) is 11.6 Å². The number of benzene rings is 2. The van der Waals surface area contributed by atoms with Crippen LogP contribution >= 0.6 is 11.8 Å². The maximum Gasteiger partial charge on any atom is 0.250 e. The fourth-order valence-electron chi connectivity index (χ4n) is 2.47. The van der Waals surface area contributed by atoms with Crippen molar-refractivity contribution in [1.82, 2.24) is 20.1 Å². The minimum Gasteiger partial charge on any atom is -0.350 e. The van der Waals surface area contributed by atoms with Crippen molar-refractivity contribution in [3.05, 3.63) is 78.1 Å². The van der Waals surface area contributed by atoms with Gasteiger partial charge in [0.15, 0.2) is 0 Å². The summed E-state index contributed by atoms with van der Waals surface area (Å²) in [5.41, 5.74) is 1.94. The zero-order valence-electron chi connectivity index (χ0n) is 15.9. The average molecular weight is 407 g/mol. The van der Waals surface area contributed by atoms with E-state index < -0.39 is 0 Å². The van der Waals surface area contributed by atoms with E-state index in [2.05, 4.69) is 20.7 Å². The summed E-state index contributed by atoms with van der Waals surface area (Å²) >= 11 is 1.66. The van der Waals surface area contributed by atoms with Gasteiger partial charge in [-0.3, -0.25) is 14.9 Å². The summed E-state index contributed by atoms with van der Waals surface area (Å²) < 4.78 is 1.38. The Morgan fingerprint density at radius 2 is 1.86 bits per heavy atom. The molecule has 1 aromatic heterocycles. The minimum absolute atomic E-state index is 0.0212. The fraction of sp³-hybridized carbons (Fsp3) is 0.143. The van der Waals surface area contributed by atoms with Gasteiger partial charge < -0.3 is 5.32 Å². The molecule has 3 aromatic rings. The molecular formula is C21H21N5O2S. The van der Waals surface area contributed by atoms with Gasteiger partial charge in [0.2, 0.25) is 11.9 Å². The van der Waals surface area contributed by atoms with Crippen molar-refractivity contribution in [3.63, 3.8) is 0 Å². The van der Waals surface area contributed by atoms with Crippen molar-refractivity contribution in [2.45, 2.75) is 18.0 Å². The van der Waals surface area contributed by atoms with Crippen LogP contribution in [0.1, 0.15) is 11.1 Å². The lowest BCUT2D eigenvalue weighted by molar-refractivity contribution is -0.122. The van der Waals surface area contributed by atoms with E-state index in [0.717, 1.165) is 16.0 Å². The Morgan fingerprint density at radius 3 is 2.59 bits per heavy atom. The Balaban J connectivity index is 1.46. The number of hydrogen-bond acceptors (Lipinski definition) is 5. The molecule has 8 heteroatoms. The van der Waals surface area contributed by atoms with Gasteiger partial charge >= 0.3 is 0 Å². The summed E-state index contributed by atoms with van der Waals surface area (Å²) in [4.78, 5) is 29.2. The third-order valence-electron chi connectivity index (χ3n) is 3.95. The molecule has 2 aromatic carbocycles. The van der Waals surface area contributed by atoms with Crippen molar-refractivity contribution in [2.24, 2.45) is 0 Å².